The number of carbonyl (C=O) groups excluding carboxylic acids is 2. The molecule has 1 heterocycles. The monoisotopic (exact) mass is 304 g/mol. The molecule has 0 aromatic carbocycles. The van der Waals surface area contributed by atoms with Crippen LogP contribution < -0.4 is 10.6 Å². The van der Waals surface area contributed by atoms with Gasteiger partial charge in [-0.05, 0) is 20.8 Å². The van der Waals surface area contributed by atoms with Crippen LogP contribution in [0.15, 0.2) is 4.34 Å². The number of esters is 1. The van der Waals surface area contributed by atoms with Crippen molar-refractivity contribution in [3.05, 3.63) is 0 Å². The zero-order valence-electron chi connectivity index (χ0n) is 11.1. The highest BCUT2D eigenvalue weighted by molar-refractivity contribution is 8.01. The summed E-state index contributed by atoms with van der Waals surface area (Å²) < 4.78 is 5.76. The first-order valence-electron chi connectivity index (χ1n) is 5.47. The Morgan fingerprint density at radius 2 is 2.05 bits per heavy atom. The molecule has 1 aromatic rings. The van der Waals surface area contributed by atoms with Crippen LogP contribution in [0.5, 0.6) is 0 Å². The highest BCUT2D eigenvalue weighted by Gasteiger charge is 2.17. The van der Waals surface area contributed by atoms with Crippen molar-refractivity contribution in [1.29, 1.82) is 0 Å². The second-order valence-electron chi connectivity index (χ2n) is 4.45. The largest absolute Gasteiger partial charge is 0.459 e. The Hall–Kier alpha value is -1.35. The average Bonchev–Trinajstić information content (AvgIpc) is 2.71. The van der Waals surface area contributed by atoms with Gasteiger partial charge in [-0.1, -0.05) is 23.1 Å². The van der Waals surface area contributed by atoms with E-state index in [1.807, 2.05) is 20.8 Å². The number of aromatic nitrogens is 2. The number of anilines is 1. The topological polar surface area (TPSA) is 93.2 Å². The van der Waals surface area contributed by atoms with E-state index in [0.29, 0.717) is 9.47 Å². The normalized spacial score (nSPS) is 10.9. The molecule has 0 unspecified atom stereocenters. The number of hydrogen-bond acceptors (Lipinski definition) is 7. The highest BCUT2D eigenvalue weighted by Crippen LogP contribution is 2.25. The van der Waals surface area contributed by atoms with Crippen LogP contribution >= 0.6 is 23.1 Å². The molecule has 19 heavy (non-hydrogen) atoms. The van der Waals surface area contributed by atoms with Crippen molar-refractivity contribution in [3.8, 4) is 0 Å². The van der Waals surface area contributed by atoms with Crippen LogP contribution in [-0.2, 0) is 9.53 Å². The van der Waals surface area contributed by atoms with Gasteiger partial charge < -0.3 is 10.1 Å². The Morgan fingerprint density at radius 3 is 2.63 bits per heavy atom. The Kier molecular flexibility index (Phi) is 5.55. The smallest absolute Gasteiger partial charge is 0.320 e. The molecule has 0 bridgehead atoms. The van der Waals surface area contributed by atoms with Gasteiger partial charge in [0, 0.05) is 7.05 Å². The van der Waals surface area contributed by atoms with Crippen molar-refractivity contribution in [3.63, 3.8) is 0 Å². The number of carbonyl (C=O) groups is 2. The second kappa shape index (κ2) is 6.71. The maximum atomic E-state index is 11.5. The zero-order chi connectivity index (χ0) is 14.5. The molecule has 2 N–H and O–H groups in total. The van der Waals surface area contributed by atoms with Gasteiger partial charge in [0.15, 0.2) is 4.34 Å². The van der Waals surface area contributed by atoms with Crippen LogP contribution in [0.2, 0.25) is 0 Å². The van der Waals surface area contributed by atoms with Crippen LogP contribution in [0.4, 0.5) is 9.93 Å². The van der Waals surface area contributed by atoms with Crippen LogP contribution in [0.1, 0.15) is 20.8 Å². The molecule has 0 aliphatic rings. The van der Waals surface area contributed by atoms with Crippen molar-refractivity contribution in [2.75, 3.05) is 18.1 Å². The molecule has 9 heteroatoms. The quantitative estimate of drug-likeness (QED) is 0.500. The van der Waals surface area contributed by atoms with Crippen LogP contribution in [0.25, 0.3) is 0 Å². The molecule has 0 aliphatic carbocycles. The number of thioether (sulfide) groups is 1. The van der Waals surface area contributed by atoms with Crippen molar-refractivity contribution >= 4 is 40.2 Å². The molecule has 0 fully saturated rings. The molecule has 0 aliphatic heterocycles. The summed E-state index contributed by atoms with van der Waals surface area (Å²) in [6, 6.07) is -0.361. The Labute approximate surface area is 119 Å². The molecule has 1 rings (SSSR count). The number of rotatable bonds is 4. The van der Waals surface area contributed by atoms with Gasteiger partial charge in [-0.3, -0.25) is 10.1 Å². The summed E-state index contributed by atoms with van der Waals surface area (Å²) in [7, 11) is 1.51. The third-order valence-electron chi connectivity index (χ3n) is 1.59. The lowest BCUT2D eigenvalue weighted by atomic mass is 10.2. The first kappa shape index (κ1) is 15.7. The minimum atomic E-state index is -0.495. The van der Waals surface area contributed by atoms with Gasteiger partial charge in [0.05, 0.1) is 5.75 Å². The fraction of sp³-hybridized carbons (Fsp3) is 0.600. The lowest BCUT2D eigenvalue weighted by molar-refractivity contribution is -0.151. The molecule has 106 valence electrons. The molecular weight excluding hydrogens is 288 g/mol. The number of hydrogen-bond donors (Lipinski definition) is 2. The number of nitrogens with one attached hydrogen (secondary N) is 2. The van der Waals surface area contributed by atoms with E-state index < -0.39 is 5.60 Å². The van der Waals surface area contributed by atoms with Gasteiger partial charge in [-0.25, -0.2) is 4.79 Å². The van der Waals surface area contributed by atoms with Crippen molar-refractivity contribution in [2.45, 2.75) is 30.7 Å². The first-order chi connectivity index (χ1) is 8.80. The van der Waals surface area contributed by atoms with Crippen LogP contribution in [0.3, 0.4) is 0 Å². The molecule has 1 aromatic heterocycles. The number of amides is 2. The molecule has 0 radical (unpaired) electrons. The van der Waals surface area contributed by atoms with Gasteiger partial charge in [0.2, 0.25) is 5.13 Å². The SMILES string of the molecule is CNC(=O)Nc1nnc(SCC(=O)OC(C)(C)C)s1. The first-order valence-corrected chi connectivity index (χ1v) is 7.27. The molecular formula is C10H16N4O3S2. The summed E-state index contributed by atoms with van der Waals surface area (Å²) >= 11 is 2.42. The van der Waals surface area contributed by atoms with Crippen LogP contribution in [-0.4, -0.2) is 40.6 Å². The standard InChI is InChI=1S/C10H16N4O3S2/c1-10(2,3)17-6(15)5-18-9-14-13-8(19-9)12-7(16)11-4/h5H2,1-4H3,(H2,11,12,13,16). The van der Waals surface area contributed by atoms with E-state index in [-0.39, 0.29) is 17.8 Å². The minimum Gasteiger partial charge on any atom is -0.459 e. The van der Waals surface area contributed by atoms with Crippen molar-refractivity contribution in [1.82, 2.24) is 15.5 Å². The van der Waals surface area contributed by atoms with Gasteiger partial charge >= 0.3 is 12.0 Å². The highest BCUT2D eigenvalue weighted by atomic mass is 32.2. The van der Waals surface area contributed by atoms with Crippen molar-refractivity contribution in [2.24, 2.45) is 0 Å². The third kappa shape index (κ3) is 6.39. The maximum absolute atomic E-state index is 11.5. The average molecular weight is 304 g/mol. The Morgan fingerprint density at radius 1 is 1.37 bits per heavy atom. The molecule has 0 saturated carbocycles. The van der Waals surface area contributed by atoms with Crippen LogP contribution in [0, 0.1) is 0 Å². The summed E-state index contributed by atoms with van der Waals surface area (Å²) in [5.41, 5.74) is -0.495. The Bertz CT molecular complexity index is 456. The fourth-order valence-corrected chi connectivity index (χ4v) is 2.49. The predicted octanol–water partition coefficient (Wildman–Crippen LogP) is 1.72. The summed E-state index contributed by atoms with van der Waals surface area (Å²) in [6.07, 6.45) is 0. The van der Waals surface area contributed by atoms with E-state index in [1.165, 1.54) is 30.1 Å². The maximum Gasteiger partial charge on any atom is 0.320 e. The van der Waals surface area contributed by atoms with E-state index in [1.54, 1.807) is 0 Å². The van der Waals surface area contributed by atoms with Gasteiger partial charge in [-0.15, -0.1) is 10.2 Å². The minimum absolute atomic E-state index is 0.159. The number of ether oxygens (including phenoxy) is 1. The van der Waals surface area contributed by atoms with Gasteiger partial charge in [-0.2, -0.15) is 0 Å². The summed E-state index contributed by atoms with van der Waals surface area (Å²) in [5.74, 6) is -0.153. The predicted molar refractivity (Wildman–Crippen MR) is 74.6 cm³/mol. The number of nitrogens with zero attached hydrogens (tertiary/aromatic N) is 2. The molecule has 0 saturated heterocycles. The van der Waals surface area contributed by atoms with E-state index in [4.69, 9.17) is 4.74 Å². The lowest BCUT2D eigenvalue weighted by Gasteiger charge is -2.18. The molecule has 0 atom stereocenters. The lowest BCUT2D eigenvalue weighted by Crippen LogP contribution is -2.24. The molecule has 0 spiro atoms. The van der Waals surface area contributed by atoms with Crippen molar-refractivity contribution < 1.29 is 14.3 Å². The van der Waals surface area contributed by atoms with E-state index in [9.17, 15) is 9.59 Å². The summed E-state index contributed by atoms with van der Waals surface area (Å²) in [5, 5.41) is 12.9. The third-order valence-corrected chi connectivity index (χ3v) is 3.53. The van der Waals surface area contributed by atoms with E-state index in [2.05, 4.69) is 20.8 Å². The summed E-state index contributed by atoms with van der Waals surface area (Å²) in [6.45, 7) is 5.43. The zero-order valence-corrected chi connectivity index (χ0v) is 12.8. The van der Waals surface area contributed by atoms with E-state index in [0.717, 1.165) is 0 Å². The van der Waals surface area contributed by atoms with Gasteiger partial charge in [0.25, 0.3) is 0 Å². The number of urea groups is 1. The summed E-state index contributed by atoms with van der Waals surface area (Å²) in [4.78, 5) is 22.5. The Balaban J connectivity index is 2.42. The van der Waals surface area contributed by atoms with Gasteiger partial charge in [0.1, 0.15) is 5.60 Å². The van der Waals surface area contributed by atoms with E-state index >= 15 is 0 Å². The fourth-order valence-electron chi connectivity index (χ4n) is 0.970. The molecule has 7 nitrogen and oxygen atoms in total. The molecule has 2 amide bonds. The second-order valence-corrected chi connectivity index (χ2v) is 6.65.